The molecule has 0 spiro atoms. The maximum Gasteiger partial charge on any atom is 0.159 e. The smallest absolute Gasteiger partial charge is 0.159 e. The molecule has 3 rings (SSSR count). The van der Waals surface area contributed by atoms with Crippen molar-refractivity contribution in [3.63, 3.8) is 0 Å². The zero-order valence-corrected chi connectivity index (χ0v) is 12.3. The van der Waals surface area contributed by atoms with Crippen molar-refractivity contribution in [2.45, 2.75) is 12.2 Å². The van der Waals surface area contributed by atoms with Crippen molar-refractivity contribution in [2.24, 2.45) is 4.99 Å². The summed E-state index contributed by atoms with van der Waals surface area (Å²) in [5.74, 6) is 0.809. The number of anilines is 1. The van der Waals surface area contributed by atoms with E-state index in [4.69, 9.17) is 5.26 Å². The van der Waals surface area contributed by atoms with Crippen LogP contribution in [0.2, 0.25) is 0 Å². The molecule has 2 aliphatic rings. The first-order valence-electron chi connectivity index (χ1n) is 6.84. The summed E-state index contributed by atoms with van der Waals surface area (Å²) in [4.78, 5) is 13.5. The number of nitriles is 1. The van der Waals surface area contributed by atoms with E-state index in [-0.39, 0.29) is 0 Å². The largest absolute Gasteiger partial charge is 0.352 e. The lowest BCUT2D eigenvalue weighted by atomic mass is 10.2. The molecule has 1 atom stereocenters. The van der Waals surface area contributed by atoms with E-state index in [0.29, 0.717) is 10.8 Å². The highest BCUT2D eigenvalue weighted by molar-refractivity contribution is 8.14. The van der Waals surface area contributed by atoms with Crippen LogP contribution in [-0.2, 0) is 0 Å². The van der Waals surface area contributed by atoms with Gasteiger partial charge in [-0.25, -0.2) is 4.98 Å². The first-order valence-corrected chi connectivity index (χ1v) is 7.72. The summed E-state index contributed by atoms with van der Waals surface area (Å²) >= 11 is 1.87. The van der Waals surface area contributed by atoms with Gasteiger partial charge in [0.15, 0.2) is 5.17 Å². The Bertz CT molecular complexity index is 557. The zero-order valence-electron chi connectivity index (χ0n) is 11.5. The molecular formula is C14H17N5S. The predicted molar refractivity (Wildman–Crippen MR) is 82.1 cm³/mol. The molecular weight excluding hydrogens is 270 g/mol. The van der Waals surface area contributed by atoms with Crippen LogP contribution in [0, 0.1) is 11.3 Å². The van der Waals surface area contributed by atoms with E-state index in [1.165, 1.54) is 5.17 Å². The fourth-order valence-corrected chi connectivity index (χ4v) is 3.47. The fraction of sp³-hybridized carbons (Fsp3) is 0.500. The molecule has 5 nitrogen and oxygen atoms in total. The molecule has 0 aliphatic carbocycles. The van der Waals surface area contributed by atoms with Gasteiger partial charge in [-0.3, -0.25) is 4.99 Å². The summed E-state index contributed by atoms with van der Waals surface area (Å²) in [7, 11) is 0. The van der Waals surface area contributed by atoms with Crippen LogP contribution in [0.5, 0.6) is 0 Å². The highest BCUT2D eigenvalue weighted by Gasteiger charge is 2.25. The number of rotatable bonds is 1. The topological polar surface area (TPSA) is 55.5 Å². The lowest BCUT2D eigenvalue weighted by Gasteiger charge is -2.36. The van der Waals surface area contributed by atoms with Crippen LogP contribution in [0.3, 0.4) is 0 Å². The van der Waals surface area contributed by atoms with Crippen LogP contribution >= 0.6 is 11.8 Å². The molecule has 3 heterocycles. The summed E-state index contributed by atoms with van der Waals surface area (Å²) in [6.07, 6.45) is 1.75. The molecule has 1 saturated heterocycles. The van der Waals surface area contributed by atoms with Gasteiger partial charge in [0, 0.05) is 37.6 Å². The number of pyridine rings is 1. The molecule has 1 unspecified atom stereocenters. The van der Waals surface area contributed by atoms with Gasteiger partial charge in [0.25, 0.3) is 0 Å². The molecule has 0 saturated carbocycles. The first-order chi connectivity index (χ1) is 9.78. The van der Waals surface area contributed by atoms with Gasteiger partial charge in [-0.1, -0.05) is 18.7 Å². The van der Waals surface area contributed by atoms with Gasteiger partial charge in [-0.15, -0.1) is 0 Å². The fourth-order valence-electron chi connectivity index (χ4n) is 2.48. The lowest BCUT2D eigenvalue weighted by Crippen LogP contribution is -2.48. The Labute approximate surface area is 123 Å². The van der Waals surface area contributed by atoms with Gasteiger partial charge in [0.1, 0.15) is 11.9 Å². The van der Waals surface area contributed by atoms with E-state index in [1.54, 1.807) is 6.20 Å². The normalized spacial score (nSPS) is 22.6. The third-order valence-electron chi connectivity index (χ3n) is 3.55. The van der Waals surface area contributed by atoms with Crippen molar-refractivity contribution < 1.29 is 0 Å². The minimum absolute atomic E-state index is 0.601. The quantitative estimate of drug-likeness (QED) is 0.784. The van der Waals surface area contributed by atoms with Gasteiger partial charge in [-0.05, 0) is 12.1 Å². The Morgan fingerprint density at radius 1 is 1.30 bits per heavy atom. The van der Waals surface area contributed by atoms with Crippen LogP contribution in [0.15, 0.2) is 23.3 Å². The third-order valence-corrected chi connectivity index (χ3v) is 4.70. The number of aliphatic imine (C=N–C) groups is 1. The number of piperazine rings is 1. The summed E-state index contributed by atoms with van der Waals surface area (Å²) in [6, 6.07) is 5.86. The Kier molecular flexibility index (Phi) is 3.79. The SMILES string of the molecule is CC1CN=C(N2CCN(c3ncccc3C#N)CC2)S1. The zero-order chi connectivity index (χ0) is 13.9. The van der Waals surface area contributed by atoms with Crippen molar-refractivity contribution in [1.29, 1.82) is 5.26 Å². The first kappa shape index (κ1) is 13.3. The Balaban J connectivity index is 1.66. The van der Waals surface area contributed by atoms with E-state index in [2.05, 4.69) is 32.8 Å². The third kappa shape index (κ3) is 2.59. The van der Waals surface area contributed by atoms with Gasteiger partial charge in [0.05, 0.1) is 12.1 Å². The van der Waals surface area contributed by atoms with Crippen molar-refractivity contribution in [3.8, 4) is 6.07 Å². The second-order valence-electron chi connectivity index (χ2n) is 5.01. The minimum atomic E-state index is 0.601. The van der Waals surface area contributed by atoms with Gasteiger partial charge in [-0.2, -0.15) is 5.26 Å². The molecule has 104 valence electrons. The molecule has 0 radical (unpaired) electrons. The highest BCUT2D eigenvalue weighted by atomic mass is 32.2. The van der Waals surface area contributed by atoms with Gasteiger partial charge >= 0.3 is 0 Å². The molecule has 6 heteroatoms. The van der Waals surface area contributed by atoms with E-state index in [9.17, 15) is 0 Å². The molecule has 0 bridgehead atoms. The van der Waals surface area contributed by atoms with E-state index < -0.39 is 0 Å². The molecule has 20 heavy (non-hydrogen) atoms. The summed E-state index contributed by atoms with van der Waals surface area (Å²) in [5, 5.41) is 10.9. The Hall–Kier alpha value is -1.74. The van der Waals surface area contributed by atoms with Gasteiger partial charge < -0.3 is 9.80 Å². The van der Waals surface area contributed by atoms with Crippen LogP contribution in [0.4, 0.5) is 5.82 Å². The van der Waals surface area contributed by atoms with Crippen LogP contribution in [-0.4, -0.2) is 53.0 Å². The van der Waals surface area contributed by atoms with Crippen LogP contribution in [0.1, 0.15) is 12.5 Å². The second kappa shape index (κ2) is 5.71. The lowest BCUT2D eigenvalue weighted by molar-refractivity contribution is 0.391. The van der Waals surface area contributed by atoms with Crippen molar-refractivity contribution >= 4 is 22.7 Å². The summed E-state index contributed by atoms with van der Waals surface area (Å²) < 4.78 is 0. The molecule has 2 aliphatic heterocycles. The standard InChI is InChI=1S/C14H17N5S/c1-11-10-17-14(20-11)19-7-5-18(6-8-19)13-12(9-15)3-2-4-16-13/h2-4,11H,5-8,10H2,1H3. The molecule has 1 fully saturated rings. The van der Waals surface area contributed by atoms with Crippen molar-refractivity contribution in [2.75, 3.05) is 37.6 Å². The number of aromatic nitrogens is 1. The van der Waals surface area contributed by atoms with Gasteiger partial charge in [0.2, 0.25) is 0 Å². The number of thioether (sulfide) groups is 1. The molecule has 0 N–H and O–H groups in total. The monoisotopic (exact) mass is 287 g/mol. The van der Waals surface area contributed by atoms with E-state index >= 15 is 0 Å². The highest BCUT2D eigenvalue weighted by Crippen LogP contribution is 2.25. The number of amidine groups is 1. The summed E-state index contributed by atoms with van der Waals surface area (Å²) in [6.45, 7) is 6.81. The number of nitrogens with zero attached hydrogens (tertiary/aromatic N) is 5. The van der Waals surface area contributed by atoms with E-state index in [1.807, 2.05) is 23.9 Å². The predicted octanol–water partition coefficient (Wildman–Crippen LogP) is 1.57. The molecule has 0 aromatic carbocycles. The van der Waals surface area contributed by atoms with Crippen LogP contribution < -0.4 is 4.90 Å². The Morgan fingerprint density at radius 3 is 2.70 bits per heavy atom. The average molecular weight is 287 g/mol. The van der Waals surface area contributed by atoms with Crippen LogP contribution in [0.25, 0.3) is 0 Å². The maximum absolute atomic E-state index is 9.15. The second-order valence-corrected chi connectivity index (χ2v) is 6.42. The number of hydrogen-bond acceptors (Lipinski definition) is 6. The molecule has 0 amide bonds. The Morgan fingerprint density at radius 2 is 2.05 bits per heavy atom. The molecule has 1 aromatic rings. The average Bonchev–Trinajstić information content (AvgIpc) is 2.94. The van der Waals surface area contributed by atoms with Crippen molar-refractivity contribution in [1.82, 2.24) is 9.88 Å². The van der Waals surface area contributed by atoms with Crippen molar-refractivity contribution in [3.05, 3.63) is 23.9 Å². The number of hydrogen-bond donors (Lipinski definition) is 0. The minimum Gasteiger partial charge on any atom is -0.352 e. The maximum atomic E-state index is 9.15. The van der Waals surface area contributed by atoms with E-state index in [0.717, 1.165) is 38.5 Å². The summed E-state index contributed by atoms with van der Waals surface area (Å²) in [5.41, 5.74) is 0.655. The molecule has 1 aromatic heterocycles.